The van der Waals surface area contributed by atoms with Crippen molar-refractivity contribution in [3.8, 4) is 0 Å². The zero-order valence-electron chi connectivity index (χ0n) is 18.7. The second-order valence-electron chi connectivity index (χ2n) is 8.30. The average molecular weight is 501 g/mol. The van der Waals surface area contributed by atoms with E-state index in [-0.39, 0.29) is 53.0 Å². The van der Waals surface area contributed by atoms with E-state index in [4.69, 9.17) is 0 Å². The van der Waals surface area contributed by atoms with Crippen LogP contribution in [0.4, 0.5) is 5.82 Å². The van der Waals surface area contributed by atoms with Crippen molar-refractivity contribution in [3.63, 3.8) is 0 Å². The van der Waals surface area contributed by atoms with Crippen LogP contribution in [0.15, 0.2) is 48.9 Å². The summed E-state index contributed by atoms with van der Waals surface area (Å²) in [4.78, 5) is 10.6. The predicted molar refractivity (Wildman–Crippen MR) is 121 cm³/mol. The van der Waals surface area contributed by atoms with Gasteiger partial charge in [0.25, 0.3) is 0 Å². The van der Waals surface area contributed by atoms with Gasteiger partial charge in [-0.1, -0.05) is 30.3 Å². The Hall–Kier alpha value is -1.50. The molecule has 0 radical (unpaired) electrons. The second kappa shape index (κ2) is 10.4. The molecule has 2 aromatic heterocycles. The summed E-state index contributed by atoms with van der Waals surface area (Å²) in [5.74, 6) is 0.0586. The molecule has 0 bridgehead atoms. The summed E-state index contributed by atoms with van der Waals surface area (Å²) in [6, 6.07) is 10.8. The molecule has 1 saturated carbocycles. The maximum absolute atomic E-state index is 13.0. The van der Waals surface area contributed by atoms with Crippen LogP contribution in [0, 0.1) is 5.92 Å². The van der Waals surface area contributed by atoms with Crippen LogP contribution in [0.25, 0.3) is 11.0 Å². The number of aromatic nitrogens is 3. The molecule has 0 N–H and O–H groups in total. The second-order valence-corrected chi connectivity index (χ2v) is 11.6. The van der Waals surface area contributed by atoms with Crippen molar-refractivity contribution in [1.82, 2.24) is 13.9 Å². The van der Waals surface area contributed by atoms with Crippen molar-refractivity contribution in [3.05, 3.63) is 54.5 Å². The van der Waals surface area contributed by atoms with Gasteiger partial charge in [0.1, 0.15) is 12.1 Å². The molecule has 3 aromatic rings. The summed E-state index contributed by atoms with van der Waals surface area (Å²) in [5, 5.41) is 0.635. The molecule has 0 aliphatic heterocycles. The molecule has 33 heavy (non-hydrogen) atoms. The van der Waals surface area contributed by atoms with E-state index in [1.165, 1.54) is 16.5 Å². The predicted octanol–water partition coefficient (Wildman–Crippen LogP) is -0.646. The van der Waals surface area contributed by atoms with Gasteiger partial charge in [-0.25, -0.2) is 30.8 Å². The molecule has 0 saturated heterocycles. The maximum Gasteiger partial charge on any atom is 1.00 e. The van der Waals surface area contributed by atoms with E-state index < -0.39 is 20.1 Å². The summed E-state index contributed by atoms with van der Waals surface area (Å²) in [6.07, 6.45) is 5.63. The first-order valence-electron chi connectivity index (χ1n) is 10.4. The minimum absolute atomic E-state index is 0. The fourth-order valence-electron chi connectivity index (χ4n) is 4.44. The SMILES string of the molecule is CN(c1ncnc2c1ccn2S(=O)(=O)Cc1ccccc1)C1CCC(CS(=O)(=O)[O-])CC1.[Na+]. The van der Waals surface area contributed by atoms with Gasteiger partial charge in [0.2, 0.25) is 10.0 Å². The summed E-state index contributed by atoms with van der Waals surface area (Å²) >= 11 is 0. The monoisotopic (exact) mass is 500 g/mol. The first-order valence-corrected chi connectivity index (χ1v) is 13.6. The van der Waals surface area contributed by atoms with Gasteiger partial charge in [0.15, 0.2) is 5.65 Å². The molecule has 4 rings (SSSR count). The van der Waals surface area contributed by atoms with Crippen molar-refractivity contribution in [2.45, 2.75) is 37.5 Å². The summed E-state index contributed by atoms with van der Waals surface area (Å²) in [5.41, 5.74) is 1.02. The summed E-state index contributed by atoms with van der Waals surface area (Å²) in [7, 11) is -5.99. The van der Waals surface area contributed by atoms with Gasteiger partial charge in [0.05, 0.1) is 21.3 Å². The summed E-state index contributed by atoms with van der Waals surface area (Å²) < 4.78 is 60.4. The van der Waals surface area contributed by atoms with Gasteiger partial charge in [-0.05, 0) is 43.2 Å². The molecule has 0 amide bonds. The van der Waals surface area contributed by atoms with Crippen LogP contribution in [0.1, 0.15) is 31.2 Å². The van der Waals surface area contributed by atoms with E-state index in [1.807, 2.05) is 18.0 Å². The van der Waals surface area contributed by atoms with Gasteiger partial charge in [-0.3, -0.25) is 0 Å². The van der Waals surface area contributed by atoms with E-state index >= 15 is 0 Å². The molecular weight excluding hydrogens is 475 g/mol. The smallest absolute Gasteiger partial charge is 0.748 e. The Bertz CT molecular complexity index is 1300. The first-order chi connectivity index (χ1) is 15.1. The maximum atomic E-state index is 13.0. The van der Waals surface area contributed by atoms with Crippen LogP contribution in [0.2, 0.25) is 0 Å². The van der Waals surface area contributed by atoms with Gasteiger partial charge in [0, 0.05) is 25.0 Å². The fraction of sp³-hybridized carbons (Fsp3) is 0.429. The normalized spacial score (nSPS) is 19.2. The van der Waals surface area contributed by atoms with Crippen molar-refractivity contribution < 1.29 is 50.9 Å². The Kier molecular flexibility index (Phi) is 8.24. The zero-order chi connectivity index (χ0) is 22.9. The number of benzene rings is 1. The van der Waals surface area contributed by atoms with Crippen LogP contribution in [0.3, 0.4) is 0 Å². The number of anilines is 1. The summed E-state index contributed by atoms with van der Waals surface area (Å²) in [6.45, 7) is 0. The first kappa shape index (κ1) is 26.1. The minimum atomic E-state index is -4.22. The van der Waals surface area contributed by atoms with Gasteiger partial charge >= 0.3 is 29.6 Å². The third kappa shape index (κ3) is 6.14. The standard InChI is InChI=1S/C21H26N4O5S2.Na/c1-24(18-9-7-17(8-10-18)14-32(28,29)30)20-19-11-12-25(21(19)23-15-22-20)31(26,27)13-16-5-3-2-4-6-16;/h2-6,11-12,15,17-18H,7-10,13-14H2,1H3,(H,28,29,30);/q;+1/p-1. The van der Waals surface area contributed by atoms with E-state index in [1.54, 1.807) is 30.3 Å². The molecule has 12 heteroatoms. The van der Waals surface area contributed by atoms with Crippen LogP contribution in [-0.4, -0.2) is 54.2 Å². The number of nitrogens with zero attached hydrogens (tertiary/aromatic N) is 4. The number of hydrogen-bond donors (Lipinski definition) is 0. The van der Waals surface area contributed by atoms with E-state index in [2.05, 4.69) is 9.97 Å². The molecule has 172 valence electrons. The van der Waals surface area contributed by atoms with Gasteiger partial charge in [-0.2, -0.15) is 0 Å². The topological polar surface area (TPSA) is 125 Å². The average Bonchev–Trinajstić information content (AvgIpc) is 3.18. The van der Waals surface area contributed by atoms with Crippen LogP contribution in [-0.2, 0) is 25.9 Å². The third-order valence-corrected chi connectivity index (χ3v) is 8.53. The van der Waals surface area contributed by atoms with E-state index in [0.717, 1.165) is 12.8 Å². The Morgan fingerprint density at radius 2 is 1.70 bits per heavy atom. The Morgan fingerprint density at radius 3 is 2.33 bits per heavy atom. The van der Waals surface area contributed by atoms with Crippen molar-refractivity contribution in [1.29, 1.82) is 0 Å². The van der Waals surface area contributed by atoms with E-state index in [9.17, 15) is 21.4 Å². The molecule has 0 spiro atoms. The van der Waals surface area contributed by atoms with E-state index in [0.29, 0.717) is 35.3 Å². The number of rotatable bonds is 7. The van der Waals surface area contributed by atoms with Crippen molar-refractivity contribution in [2.24, 2.45) is 5.92 Å². The zero-order valence-corrected chi connectivity index (χ0v) is 22.3. The molecule has 2 heterocycles. The number of hydrogen-bond acceptors (Lipinski definition) is 8. The van der Waals surface area contributed by atoms with Crippen molar-refractivity contribution >= 4 is 37.0 Å². The molecule has 1 aromatic carbocycles. The Labute approximate surface area is 216 Å². The Morgan fingerprint density at radius 1 is 1.03 bits per heavy atom. The van der Waals surface area contributed by atoms with Gasteiger partial charge < -0.3 is 9.45 Å². The third-order valence-electron chi connectivity index (χ3n) is 6.06. The molecule has 1 aliphatic carbocycles. The van der Waals surface area contributed by atoms with Gasteiger partial charge in [-0.15, -0.1) is 0 Å². The van der Waals surface area contributed by atoms with Crippen LogP contribution < -0.4 is 34.5 Å². The van der Waals surface area contributed by atoms with Crippen LogP contribution in [0.5, 0.6) is 0 Å². The quantitative estimate of drug-likeness (QED) is 0.310. The molecule has 9 nitrogen and oxygen atoms in total. The number of fused-ring (bicyclic) bond motifs is 1. The fourth-order valence-corrected chi connectivity index (χ4v) is 6.75. The molecule has 1 fully saturated rings. The minimum Gasteiger partial charge on any atom is -0.748 e. The van der Waals surface area contributed by atoms with Crippen LogP contribution >= 0.6 is 0 Å². The largest absolute Gasteiger partial charge is 1.00 e. The molecule has 0 atom stereocenters. The Balaban J connectivity index is 0.00000306. The molecule has 1 aliphatic rings. The molecule has 0 unspecified atom stereocenters. The van der Waals surface area contributed by atoms with Crippen molar-refractivity contribution in [2.75, 3.05) is 17.7 Å². The molecular formula is C21H25N4NaO5S2.